The number of carbonyl (C=O) groups is 1. The Labute approximate surface area is 165 Å². The summed E-state index contributed by atoms with van der Waals surface area (Å²) in [7, 11) is 0. The van der Waals surface area contributed by atoms with Crippen molar-refractivity contribution in [1.82, 2.24) is 19.8 Å². The lowest BCUT2D eigenvalue weighted by molar-refractivity contribution is 0.0139. The van der Waals surface area contributed by atoms with Gasteiger partial charge in [-0.25, -0.2) is 14.8 Å². The normalized spacial score (nSPS) is 15.5. The number of nitrogen functional groups attached to an aromatic ring is 1. The highest BCUT2D eigenvalue weighted by molar-refractivity contribution is 5.70. The minimum atomic E-state index is -0.498. The van der Waals surface area contributed by atoms with Crippen LogP contribution in [0.15, 0.2) is 30.5 Å². The van der Waals surface area contributed by atoms with Crippen LogP contribution in [0.25, 0.3) is 11.3 Å². The number of nitrogens with two attached hydrogens (primary N) is 1. The zero-order chi connectivity index (χ0) is 20.3. The smallest absolute Gasteiger partial charge is 0.410 e. The third-order valence-corrected chi connectivity index (χ3v) is 4.46. The molecule has 3 N–H and O–H groups in total. The summed E-state index contributed by atoms with van der Waals surface area (Å²) >= 11 is 0. The highest BCUT2D eigenvalue weighted by atomic mass is 16.6. The molecule has 8 heteroatoms. The predicted molar refractivity (Wildman–Crippen MR) is 107 cm³/mol. The summed E-state index contributed by atoms with van der Waals surface area (Å²) in [6, 6.07) is 7.04. The Morgan fingerprint density at radius 2 is 1.89 bits per heavy atom. The number of aromatic hydroxyl groups is 1. The molecule has 1 aromatic heterocycles. The molecule has 2 aromatic rings. The number of amides is 1. The molecule has 0 saturated carbocycles. The molecule has 8 nitrogen and oxygen atoms in total. The molecule has 2 heterocycles. The van der Waals surface area contributed by atoms with Crippen LogP contribution in [0.2, 0.25) is 0 Å². The van der Waals surface area contributed by atoms with Gasteiger partial charge in [0.1, 0.15) is 11.4 Å². The lowest BCUT2D eigenvalue weighted by Gasteiger charge is -2.35. The van der Waals surface area contributed by atoms with Crippen LogP contribution in [0.5, 0.6) is 5.75 Å². The zero-order valence-electron chi connectivity index (χ0n) is 16.6. The van der Waals surface area contributed by atoms with E-state index in [4.69, 9.17) is 10.5 Å². The van der Waals surface area contributed by atoms with Crippen molar-refractivity contribution in [2.45, 2.75) is 32.9 Å². The second kappa shape index (κ2) is 8.02. The van der Waals surface area contributed by atoms with E-state index in [1.165, 1.54) is 0 Å². The van der Waals surface area contributed by atoms with Crippen LogP contribution in [0, 0.1) is 0 Å². The van der Waals surface area contributed by atoms with E-state index < -0.39 is 5.60 Å². The van der Waals surface area contributed by atoms with Gasteiger partial charge >= 0.3 is 6.09 Å². The number of nitrogens with zero attached hydrogens (tertiary/aromatic N) is 4. The predicted octanol–water partition coefficient (Wildman–Crippen LogP) is 2.48. The third-order valence-electron chi connectivity index (χ3n) is 4.46. The molecule has 0 spiro atoms. The van der Waals surface area contributed by atoms with Crippen molar-refractivity contribution in [3.63, 3.8) is 0 Å². The van der Waals surface area contributed by atoms with Crippen molar-refractivity contribution >= 4 is 12.0 Å². The van der Waals surface area contributed by atoms with Crippen molar-refractivity contribution in [1.29, 1.82) is 0 Å². The van der Waals surface area contributed by atoms with Gasteiger partial charge in [0, 0.05) is 50.0 Å². The van der Waals surface area contributed by atoms with Gasteiger partial charge in [-0.1, -0.05) is 12.1 Å². The number of hydrogen-bond acceptors (Lipinski definition) is 7. The summed E-state index contributed by atoms with van der Waals surface area (Å²) in [5.74, 6) is 0.313. The summed E-state index contributed by atoms with van der Waals surface area (Å²) in [6.07, 6.45) is 1.42. The van der Waals surface area contributed by atoms with Gasteiger partial charge in [-0.2, -0.15) is 0 Å². The first-order chi connectivity index (χ1) is 13.2. The fraction of sp³-hybridized carbons (Fsp3) is 0.450. The molecule has 1 aliphatic rings. The van der Waals surface area contributed by atoms with E-state index in [2.05, 4.69) is 14.9 Å². The Morgan fingerprint density at radius 1 is 1.21 bits per heavy atom. The Hall–Kier alpha value is -2.87. The van der Waals surface area contributed by atoms with E-state index in [-0.39, 0.29) is 17.8 Å². The lowest BCUT2D eigenvalue weighted by atomic mass is 10.1. The Bertz CT molecular complexity index is 842. The fourth-order valence-electron chi connectivity index (χ4n) is 3.10. The molecule has 28 heavy (non-hydrogen) atoms. The van der Waals surface area contributed by atoms with Gasteiger partial charge in [0.2, 0.25) is 5.95 Å². The first-order valence-electron chi connectivity index (χ1n) is 9.33. The van der Waals surface area contributed by atoms with Crippen LogP contribution in [-0.2, 0) is 11.3 Å². The minimum Gasteiger partial charge on any atom is -0.507 e. The molecule has 3 rings (SSSR count). The van der Waals surface area contributed by atoms with Crippen molar-refractivity contribution in [3.05, 3.63) is 36.0 Å². The van der Waals surface area contributed by atoms with E-state index in [1.807, 2.05) is 26.8 Å². The fourth-order valence-corrected chi connectivity index (χ4v) is 3.10. The second-order valence-corrected chi connectivity index (χ2v) is 7.86. The first-order valence-corrected chi connectivity index (χ1v) is 9.33. The number of anilines is 1. The quantitative estimate of drug-likeness (QED) is 0.836. The summed E-state index contributed by atoms with van der Waals surface area (Å²) in [5, 5.41) is 10.2. The maximum absolute atomic E-state index is 12.2. The van der Waals surface area contributed by atoms with E-state index in [0.717, 1.165) is 5.56 Å². The van der Waals surface area contributed by atoms with Gasteiger partial charge < -0.3 is 20.5 Å². The Balaban J connectivity index is 1.69. The number of aromatic nitrogens is 2. The number of phenols is 1. The molecule has 1 saturated heterocycles. The Morgan fingerprint density at radius 3 is 2.54 bits per heavy atom. The molecule has 1 aromatic carbocycles. The SMILES string of the molecule is CC(C)(C)OC(=O)N1CCN(Cc2cnc(N)nc2-c2ccccc2O)CC1. The van der Waals surface area contributed by atoms with Crippen LogP contribution in [-0.4, -0.2) is 62.7 Å². The van der Waals surface area contributed by atoms with Crippen molar-refractivity contribution < 1.29 is 14.6 Å². The lowest BCUT2D eigenvalue weighted by Crippen LogP contribution is -2.49. The summed E-state index contributed by atoms with van der Waals surface area (Å²) in [6.45, 7) is 8.81. The number of para-hydroxylation sites is 1. The molecule has 0 atom stereocenters. The number of phenolic OH excluding ortho intramolecular Hbond substituents is 1. The van der Waals surface area contributed by atoms with E-state index in [0.29, 0.717) is 44.0 Å². The number of rotatable bonds is 3. The molecule has 0 bridgehead atoms. The molecule has 1 aliphatic heterocycles. The summed E-state index contributed by atoms with van der Waals surface area (Å²) in [4.78, 5) is 24.6. The van der Waals surface area contributed by atoms with Gasteiger partial charge in [-0.15, -0.1) is 0 Å². The van der Waals surface area contributed by atoms with Gasteiger partial charge in [0.15, 0.2) is 0 Å². The second-order valence-electron chi connectivity index (χ2n) is 7.86. The first kappa shape index (κ1) is 19.9. The van der Waals surface area contributed by atoms with Gasteiger partial charge in [0.25, 0.3) is 0 Å². The van der Waals surface area contributed by atoms with Crippen LogP contribution >= 0.6 is 0 Å². The number of benzene rings is 1. The van der Waals surface area contributed by atoms with E-state index >= 15 is 0 Å². The Kier molecular flexibility index (Phi) is 5.69. The van der Waals surface area contributed by atoms with Crippen LogP contribution in [0.3, 0.4) is 0 Å². The van der Waals surface area contributed by atoms with E-state index in [1.54, 1.807) is 29.3 Å². The number of ether oxygens (including phenoxy) is 1. The van der Waals surface area contributed by atoms with Gasteiger partial charge in [-0.05, 0) is 32.9 Å². The molecular formula is C20H27N5O3. The van der Waals surface area contributed by atoms with Crippen LogP contribution in [0.4, 0.5) is 10.7 Å². The average molecular weight is 385 g/mol. The highest BCUT2D eigenvalue weighted by Crippen LogP contribution is 2.30. The molecule has 0 aliphatic carbocycles. The minimum absolute atomic E-state index is 0.150. The highest BCUT2D eigenvalue weighted by Gasteiger charge is 2.26. The molecule has 1 fully saturated rings. The van der Waals surface area contributed by atoms with Crippen molar-refractivity contribution in [3.8, 4) is 17.0 Å². The molecule has 0 unspecified atom stereocenters. The number of piperazine rings is 1. The average Bonchev–Trinajstić information content (AvgIpc) is 2.63. The van der Waals surface area contributed by atoms with Crippen molar-refractivity contribution in [2.24, 2.45) is 0 Å². The number of hydrogen-bond donors (Lipinski definition) is 2. The third kappa shape index (κ3) is 4.89. The largest absolute Gasteiger partial charge is 0.507 e. The molecule has 150 valence electrons. The topological polar surface area (TPSA) is 105 Å². The summed E-state index contributed by atoms with van der Waals surface area (Å²) < 4.78 is 5.44. The van der Waals surface area contributed by atoms with Crippen LogP contribution < -0.4 is 5.73 Å². The van der Waals surface area contributed by atoms with E-state index in [9.17, 15) is 9.90 Å². The number of carbonyl (C=O) groups excluding carboxylic acids is 1. The standard InChI is InChI=1S/C20H27N5O3/c1-20(2,3)28-19(27)25-10-8-24(9-11-25)13-14-12-22-18(21)23-17(14)15-6-4-5-7-16(15)26/h4-7,12,26H,8-11,13H2,1-3H3,(H2,21,22,23). The van der Waals surface area contributed by atoms with Gasteiger partial charge in [0.05, 0.1) is 5.69 Å². The molecular weight excluding hydrogens is 358 g/mol. The zero-order valence-corrected chi connectivity index (χ0v) is 16.6. The van der Waals surface area contributed by atoms with Crippen LogP contribution in [0.1, 0.15) is 26.3 Å². The van der Waals surface area contributed by atoms with Gasteiger partial charge in [-0.3, -0.25) is 4.90 Å². The molecule has 0 radical (unpaired) electrons. The monoisotopic (exact) mass is 385 g/mol. The van der Waals surface area contributed by atoms with Crippen molar-refractivity contribution in [2.75, 3.05) is 31.9 Å². The maximum Gasteiger partial charge on any atom is 0.410 e. The molecule has 1 amide bonds. The summed E-state index contributed by atoms with van der Waals surface area (Å²) in [5.41, 5.74) is 7.40. The maximum atomic E-state index is 12.2.